The normalized spacial score (nSPS) is 15.2. The Morgan fingerprint density at radius 3 is 2.50 bits per heavy atom. The van der Waals surface area contributed by atoms with Gasteiger partial charge in [-0.15, -0.1) is 11.8 Å². The lowest BCUT2D eigenvalue weighted by molar-refractivity contribution is -0.130. The van der Waals surface area contributed by atoms with Crippen LogP contribution in [0.4, 0.5) is 15.9 Å². The van der Waals surface area contributed by atoms with Crippen LogP contribution in [0.2, 0.25) is 0 Å². The van der Waals surface area contributed by atoms with Crippen molar-refractivity contribution < 1.29 is 14.0 Å². The second kappa shape index (κ2) is 9.54. The molecule has 1 atom stereocenters. The lowest BCUT2D eigenvalue weighted by atomic mass is 10.2. The smallest absolute Gasteiger partial charge is 0.235 e. The lowest BCUT2D eigenvalue weighted by Gasteiger charge is -2.36. The van der Waals surface area contributed by atoms with Gasteiger partial charge in [0.15, 0.2) is 0 Å². The highest BCUT2D eigenvalue weighted by Gasteiger charge is 2.26. The molecule has 0 bridgehead atoms. The van der Waals surface area contributed by atoms with Gasteiger partial charge in [-0.3, -0.25) is 9.59 Å². The summed E-state index contributed by atoms with van der Waals surface area (Å²) in [5, 5.41) is 2.40. The van der Waals surface area contributed by atoms with Gasteiger partial charge < -0.3 is 15.1 Å². The highest BCUT2D eigenvalue weighted by atomic mass is 32.2. The van der Waals surface area contributed by atoms with Crippen molar-refractivity contribution in [3.63, 3.8) is 0 Å². The molecule has 2 amide bonds. The number of aromatic nitrogens is 1. The minimum Gasteiger partial charge on any atom is -0.353 e. The van der Waals surface area contributed by atoms with E-state index in [-0.39, 0.29) is 28.6 Å². The molecule has 2 heterocycles. The molecule has 0 radical (unpaired) electrons. The van der Waals surface area contributed by atoms with E-state index in [4.69, 9.17) is 0 Å². The van der Waals surface area contributed by atoms with E-state index >= 15 is 0 Å². The number of carbonyl (C=O) groups is 2. The molecule has 0 aliphatic carbocycles. The van der Waals surface area contributed by atoms with E-state index in [0.29, 0.717) is 18.8 Å². The monoisotopic (exact) mass is 402 g/mol. The molecule has 1 unspecified atom stereocenters. The van der Waals surface area contributed by atoms with E-state index in [1.54, 1.807) is 6.20 Å². The Hall–Kier alpha value is -2.61. The third-order valence-corrected chi connectivity index (χ3v) is 5.64. The molecule has 8 heteroatoms. The van der Waals surface area contributed by atoms with Crippen LogP contribution in [0.25, 0.3) is 0 Å². The van der Waals surface area contributed by atoms with Crippen molar-refractivity contribution in [3.8, 4) is 0 Å². The molecule has 1 aliphatic heterocycles. The van der Waals surface area contributed by atoms with E-state index in [9.17, 15) is 14.0 Å². The van der Waals surface area contributed by atoms with E-state index in [1.807, 2.05) is 30.0 Å². The van der Waals surface area contributed by atoms with Crippen LogP contribution in [-0.2, 0) is 9.59 Å². The zero-order valence-electron chi connectivity index (χ0n) is 15.7. The van der Waals surface area contributed by atoms with Gasteiger partial charge in [0.1, 0.15) is 11.6 Å². The topological polar surface area (TPSA) is 65.5 Å². The number of carbonyl (C=O) groups excluding carboxylic acids is 2. The van der Waals surface area contributed by atoms with Crippen LogP contribution < -0.4 is 10.2 Å². The van der Waals surface area contributed by atoms with Gasteiger partial charge >= 0.3 is 0 Å². The molecule has 6 nitrogen and oxygen atoms in total. The van der Waals surface area contributed by atoms with Gasteiger partial charge in [0.2, 0.25) is 11.8 Å². The van der Waals surface area contributed by atoms with Crippen molar-refractivity contribution in [1.82, 2.24) is 9.88 Å². The summed E-state index contributed by atoms with van der Waals surface area (Å²) in [5.74, 6) is 0.568. The molecule has 28 heavy (non-hydrogen) atoms. The number of benzene rings is 1. The van der Waals surface area contributed by atoms with Gasteiger partial charge in [0.25, 0.3) is 0 Å². The number of rotatable bonds is 6. The number of hydrogen-bond acceptors (Lipinski definition) is 5. The van der Waals surface area contributed by atoms with Gasteiger partial charge in [-0.05, 0) is 43.3 Å². The van der Waals surface area contributed by atoms with Crippen molar-refractivity contribution in [2.75, 3.05) is 42.1 Å². The summed E-state index contributed by atoms with van der Waals surface area (Å²) in [6.07, 6.45) is 1.77. The molecule has 3 rings (SSSR count). The highest BCUT2D eigenvalue weighted by molar-refractivity contribution is 8.01. The van der Waals surface area contributed by atoms with E-state index in [0.717, 1.165) is 18.9 Å². The van der Waals surface area contributed by atoms with Crippen LogP contribution in [0.15, 0.2) is 48.7 Å². The second-order valence-electron chi connectivity index (χ2n) is 6.51. The number of amides is 2. The summed E-state index contributed by atoms with van der Waals surface area (Å²) in [5.41, 5.74) is 0.539. The molecule has 1 aromatic carbocycles. The highest BCUT2D eigenvalue weighted by Crippen LogP contribution is 2.18. The first-order valence-electron chi connectivity index (χ1n) is 9.15. The number of anilines is 2. The van der Waals surface area contributed by atoms with Crippen LogP contribution in [0.5, 0.6) is 0 Å². The Morgan fingerprint density at radius 2 is 1.86 bits per heavy atom. The zero-order valence-corrected chi connectivity index (χ0v) is 16.5. The van der Waals surface area contributed by atoms with Crippen LogP contribution in [-0.4, -0.2) is 58.9 Å². The molecule has 0 saturated carbocycles. The number of piperazine rings is 1. The van der Waals surface area contributed by atoms with Gasteiger partial charge in [0, 0.05) is 38.1 Å². The van der Waals surface area contributed by atoms with Gasteiger partial charge in [-0.2, -0.15) is 0 Å². The summed E-state index contributed by atoms with van der Waals surface area (Å²) < 4.78 is 12.9. The average Bonchev–Trinajstić information content (AvgIpc) is 2.74. The molecule has 1 aliphatic rings. The molecule has 1 aromatic heterocycles. The summed E-state index contributed by atoms with van der Waals surface area (Å²) in [7, 11) is 0. The van der Waals surface area contributed by atoms with Crippen LogP contribution >= 0.6 is 11.8 Å². The first-order chi connectivity index (χ1) is 13.5. The maximum Gasteiger partial charge on any atom is 0.235 e. The Bertz CT molecular complexity index is 796. The number of nitrogens with zero attached hydrogens (tertiary/aromatic N) is 3. The number of pyridine rings is 1. The standard InChI is InChI=1S/C20H23FN4O2S/c1-15(28-14-19(26)23-17-7-5-16(21)6-8-17)20(27)25-12-10-24(11-13-25)18-4-2-3-9-22-18/h2-9,15H,10-14H2,1H3,(H,23,26). The van der Waals surface area contributed by atoms with Crippen molar-refractivity contribution in [3.05, 3.63) is 54.5 Å². The minimum absolute atomic E-state index is 0.0419. The first kappa shape index (κ1) is 20.1. The summed E-state index contributed by atoms with van der Waals surface area (Å²) in [4.78, 5) is 33.0. The van der Waals surface area contributed by atoms with Gasteiger partial charge in [-0.1, -0.05) is 6.07 Å². The first-order valence-corrected chi connectivity index (χ1v) is 10.2. The molecule has 2 aromatic rings. The van der Waals surface area contributed by atoms with Crippen molar-refractivity contribution in [2.24, 2.45) is 0 Å². The minimum atomic E-state index is -0.352. The molecule has 0 spiro atoms. The third-order valence-electron chi connectivity index (χ3n) is 4.50. The molecule has 1 N–H and O–H groups in total. The predicted molar refractivity (Wildman–Crippen MR) is 110 cm³/mol. The lowest BCUT2D eigenvalue weighted by Crippen LogP contribution is -2.51. The maximum atomic E-state index is 12.9. The largest absolute Gasteiger partial charge is 0.353 e. The summed E-state index contributed by atoms with van der Waals surface area (Å²) in [6, 6.07) is 11.4. The summed E-state index contributed by atoms with van der Waals surface area (Å²) in [6.45, 7) is 4.59. The fraction of sp³-hybridized carbons (Fsp3) is 0.350. The number of halogens is 1. The fourth-order valence-electron chi connectivity index (χ4n) is 2.96. The Morgan fingerprint density at radius 1 is 1.14 bits per heavy atom. The average molecular weight is 402 g/mol. The van der Waals surface area contributed by atoms with Crippen LogP contribution in [0.1, 0.15) is 6.92 Å². The van der Waals surface area contributed by atoms with Gasteiger partial charge in [0.05, 0.1) is 11.0 Å². The van der Waals surface area contributed by atoms with E-state index in [1.165, 1.54) is 36.0 Å². The van der Waals surface area contributed by atoms with Crippen LogP contribution in [0, 0.1) is 5.82 Å². The molecule has 148 valence electrons. The Kier molecular flexibility index (Phi) is 6.86. The predicted octanol–water partition coefficient (Wildman–Crippen LogP) is 2.63. The third kappa shape index (κ3) is 5.45. The van der Waals surface area contributed by atoms with E-state index < -0.39 is 0 Å². The Labute approximate surface area is 168 Å². The van der Waals surface area contributed by atoms with E-state index in [2.05, 4.69) is 15.2 Å². The van der Waals surface area contributed by atoms with Crippen molar-refractivity contribution in [2.45, 2.75) is 12.2 Å². The zero-order chi connectivity index (χ0) is 19.9. The van der Waals surface area contributed by atoms with Gasteiger partial charge in [-0.25, -0.2) is 9.37 Å². The van der Waals surface area contributed by atoms with Crippen LogP contribution in [0.3, 0.4) is 0 Å². The molecule has 1 saturated heterocycles. The SMILES string of the molecule is CC(SCC(=O)Nc1ccc(F)cc1)C(=O)N1CCN(c2ccccn2)CC1. The second-order valence-corrected chi connectivity index (χ2v) is 7.84. The molecule has 1 fully saturated rings. The number of hydrogen-bond donors (Lipinski definition) is 1. The Balaban J connectivity index is 1.42. The fourth-order valence-corrected chi connectivity index (χ4v) is 3.72. The number of thioether (sulfide) groups is 1. The quantitative estimate of drug-likeness (QED) is 0.805. The summed E-state index contributed by atoms with van der Waals surface area (Å²) >= 11 is 1.30. The number of nitrogens with one attached hydrogen (secondary N) is 1. The molecular weight excluding hydrogens is 379 g/mol. The van der Waals surface area contributed by atoms with Crippen molar-refractivity contribution >= 4 is 35.1 Å². The maximum absolute atomic E-state index is 12.9. The van der Waals surface area contributed by atoms with Crippen molar-refractivity contribution in [1.29, 1.82) is 0 Å². The molecular formula is C20H23FN4O2S.